The Labute approximate surface area is 139 Å². The first-order chi connectivity index (χ1) is 11.2. The molecule has 23 heavy (non-hydrogen) atoms. The predicted molar refractivity (Wildman–Crippen MR) is 105 cm³/mol. The monoisotopic (exact) mass is 300 g/mol. The predicted octanol–water partition coefficient (Wildman–Crippen LogP) is 5.22. The van der Waals surface area contributed by atoms with E-state index in [1.165, 1.54) is 27.5 Å². The molecule has 0 aliphatic rings. The lowest BCUT2D eigenvalue weighted by molar-refractivity contribution is 1.47. The lowest BCUT2D eigenvalue weighted by Crippen LogP contribution is -2.21. The molecule has 0 saturated heterocycles. The van der Waals surface area contributed by atoms with Gasteiger partial charge in [-0.3, -0.25) is 0 Å². The SMILES string of the molecule is C=C/C=c1/cc2ccc(-c3ccc(C)cc3)cc2cc1=C.CC. The zero-order valence-corrected chi connectivity index (χ0v) is 14.3. The maximum atomic E-state index is 4.12. The summed E-state index contributed by atoms with van der Waals surface area (Å²) in [6.45, 7) is 14.0. The van der Waals surface area contributed by atoms with Crippen LogP contribution in [0.25, 0.3) is 34.6 Å². The minimum atomic E-state index is 1.03. The third kappa shape index (κ3) is 3.78. The van der Waals surface area contributed by atoms with Crippen LogP contribution in [0.5, 0.6) is 0 Å². The molecule has 0 heteroatoms. The molecule has 0 atom stereocenters. The van der Waals surface area contributed by atoms with E-state index in [0.29, 0.717) is 0 Å². The van der Waals surface area contributed by atoms with Crippen LogP contribution in [0.2, 0.25) is 0 Å². The van der Waals surface area contributed by atoms with E-state index < -0.39 is 0 Å². The van der Waals surface area contributed by atoms with Crippen LogP contribution in [0.15, 0.2) is 67.3 Å². The van der Waals surface area contributed by atoms with E-state index in [2.05, 4.69) is 74.7 Å². The molecule has 0 saturated carbocycles. The van der Waals surface area contributed by atoms with Crippen molar-refractivity contribution in [2.45, 2.75) is 20.8 Å². The van der Waals surface area contributed by atoms with Crippen molar-refractivity contribution in [3.63, 3.8) is 0 Å². The zero-order valence-electron chi connectivity index (χ0n) is 14.3. The van der Waals surface area contributed by atoms with Crippen molar-refractivity contribution in [1.29, 1.82) is 0 Å². The molecule has 0 unspecified atom stereocenters. The molecule has 0 heterocycles. The van der Waals surface area contributed by atoms with Crippen LogP contribution in [0, 0.1) is 6.92 Å². The van der Waals surface area contributed by atoms with Gasteiger partial charge in [-0.2, -0.15) is 0 Å². The van der Waals surface area contributed by atoms with Crippen LogP contribution in [0.4, 0.5) is 0 Å². The third-order valence-electron chi connectivity index (χ3n) is 3.78. The lowest BCUT2D eigenvalue weighted by Gasteiger charge is -2.05. The summed E-state index contributed by atoms with van der Waals surface area (Å²) in [6, 6.07) is 19.5. The van der Waals surface area contributed by atoms with Gasteiger partial charge >= 0.3 is 0 Å². The molecule has 0 N–H and O–H groups in total. The molecule has 0 spiro atoms. The number of rotatable bonds is 2. The van der Waals surface area contributed by atoms with E-state index in [9.17, 15) is 0 Å². The smallest absolute Gasteiger partial charge is 0.0172 e. The zero-order chi connectivity index (χ0) is 16.8. The fourth-order valence-corrected chi connectivity index (χ4v) is 2.57. The van der Waals surface area contributed by atoms with Crippen molar-refractivity contribution in [2.75, 3.05) is 0 Å². The lowest BCUT2D eigenvalue weighted by atomic mass is 9.99. The number of hydrogen-bond acceptors (Lipinski definition) is 0. The van der Waals surface area contributed by atoms with E-state index in [4.69, 9.17) is 0 Å². The van der Waals surface area contributed by atoms with Gasteiger partial charge in [-0.25, -0.2) is 0 Å². The van der Waals surface area contributed by atoms with Gasteiger partial charge < -0.3 is 0 Å². The van der Waals surface area contributed by atoms with Gasteiger partial charge in [-0.15, -0.1) is 0 Å². The molecule has 3 rings (SSSR count). The summed E-state index contributed by atoms with van der Waals surface area (Å²) >= 11 is 0. The molecular formula is C23H24. The normalized spacial score (nSPS) is 11.0. The van der Waals surface area contributed by atoms with Gasteiger partial charge in [0.2, 0.25) is 0 Å². The Morgan fingerprint density at radius 1 is 0.783 bits per heavy atom. The van der Waals surface area contributed by atoms with Gasteiger partial charge in [-0.05, 0) is 57.5 Å². The van der Waals surface area contributed by atoms with Crippen LogP contribution in [0.3, 0.4) is 0 Å². The number of allylic oxidation sites excluding steroid dienone is 1. The summed E-state index contributed by atoms with van der Waals surface area (Å²) in [5.74, 6) is 0. The molecule has 0 fully saturated rings. The molecule has 0 bridgehead atoms. The van der Waals surface area contributed by atoms with Crippen molar-refractivity contribution >= 4 is 23.4 Å². The van der Waals surface area contributed by atoms with Gasteiger partial charge in [0.1, 0.15) is 0 Å². The highest BCUT2D eigenvalue weighted by molar-refractivity contribution is 5.87. The molecule has 0 aromatic heterocycles. The minimum Gasteiger partial charge on any atom is -0.0990 e. The van der Waals surface area contributed by atoms with Gasteiger partial charge in [0.05, 0.1) is 0 Å². The standard InChI is InChI=1S/C21H18.C2H6/c1-4-5-18-13-20-11-10-19(14-21(20)12-16(18)3)17-8-6-15(2)7-9-17;1-2/h4-14H,1,3H2,2H3;1-2H3/b18-5-;. The maximum Gasteiger partial charge on any atom is -0.0172 e. The van der Waals surface area contributed by atoms with Gasteiger partial charge in [0, 0.05) is 0 Å². The minimum absolute atomic E-state index is 1.03. The summed E-state index contributed by atoms with van der Waals surface area (Å²) < 4.78 is 0. The molecular weight excluding hydrogens is 276 g/mol. The summed E-state index contributed by atoms with van der Waals surface area (Å²) in [7, 11) is 0. The average molecular weight is 300 g/mol. The van der Waals surface area contributed by atoms with E-state index in [0.717, 1.165) is 10.4 Å². The summed E-state index contributed by atoms with van der Waals surface area (Å²) in [6.07, 6.45) is 3.80. The van der Waals surface area contributed by atoms with Crippen molar-refractivity contribution < 1.29 is 0 Å². The first-order valence-electron chi connectivity index (χ1n) is 8.10. The Balaban J connectivity index is 0.000000924. The Kier molecular flexibility index (Phi) is 5.54. The fourth-order valence-electron chi connectivity index (χ4n) is 2.57. The van der Waals surface area contributed by atoms with E-state index in [1.807, 2.05) is 19.9 Å². The van der Waals surface area contributed by atoms with Crippen molar-refractivity contribution in [1.82, 2.24) is 0 Å². The quantitative estimate of drug-likeness (QED) is 0.609. The van der Waals surface area contributed by atoms with E-state index in [1.54, 1.807) is 6.08 Å². The largest absolute Gasteiger partial charge is 0.0990 e. The number of aryl methyl sites for hydroxylation is 1. The molecule has 0 amide bonds. The van der Waals surface area contributed by atoms with Crippen molar-refractivity contribution in [2.24, 2.45) is 0 Å². The number of benzene rings is 3. The number of hydrogen-bond donors (Lipinski definition) is 0. The van der Waals surface area contributed by atoms with Crippen molar-refractivity contribution in [3.05, 3.63) is 83.3 Å². The number of fused-ring (bicyclic) bond motifs is 1. The van der Waals surface area contributed by atoms with Crippen LogP contribution in [0.1, 0.15) is 19.4 Å². The molecule has 3 aromatic rings. The van der Waals surface area contributed by atoms with Gasteiger partial charge in [0.15, 0.2) is 0 Å². The molecule has 0 aliphatic heterocycles. The molecule has 3 aromatic carbocycles. The Bertz CT molecular complexity index is 913. The van der Waals surface area contributed by atoms with Crippen LogP contribution < -0.4 is 10.4 Å². The second-order valence-corrected chi connectivity index (χ2v) is 5.38. The molecule has 116 valence electrons. The highest BCUT2D eigenvalue weighted by Crippen LogP contribution is 2.23. The van der Waals surface area contributed by atoms with Crippen LogP contribution in [-0.2, 0) is 0 Å². The average Bonchev–Trinajstić information content (AvgIpc) is 2.58. The van der Waals surface area contributed by atoms with Gasteiger partial charge in [-0.1, -0.05) is 81.1 Å². The Morgan fingerprint density at radius 3 is 2.09 bits per heavy atom. The van der Waals surface area contributed by atoms with Crippen molar-refractivity contribution in [3.8, 4) is 11.1 Å². The maximum absolute atomic E-state index is 4.12. The highest BCUT2D eigenvalue weighted by atomic mass is 14.0. The highest BCUT2D eigenvalue weighted by Gasteiger charge is 2.00. The second-order valence-electron chi connectivity index (χ2n) is 5.38. The second kappa shape index (κ2) is 7.60. The molecule has 0 aliphatic carbocycles. The molecule has 0 nitrogen and oxygen atoms in total. The topological polar surface area (TPSA) is 0 Å². The van der Waals surface area contributed by atoms with E-state index >= 15 is 0 Å². The van der Waals surface area contributed by atoms with E-state index in [-0.39, 0.29) is 0 Å². The third-order valence-corrected chi connectivity index (χ3v) is 3.78. The van der Waals surface area contributed by atoms with Crippen LogP contribution >= 0.6 is 0 Å². The summed E-state index contributed by atoms with van der Waals surface area (Å²) in [4.78, 5) is 0. The molecule has 0 radical (unpaired) electrons. The Hall–Kier alpha value is -2.60. The fraction of sp³-hybridized carbons (Fsp3) is 0.130. The van der Waals surface area contributed by atoms with Gasteiger partial charge in [0.25, 0.3) is 0 Å². The summed E-state index contributed by atoms with van der Waals surface area (Å²) in [5, 5.41) is 4.61. The first kappa shape index (κ1) is 16.8. The first-order valence-corrected chi connectivity index (χ1v) is 8.10. The van der Waals surface area contributed by atoms with Crippen LogP contribution in [-0.4, -0.2) is 0 Å². The summed E-state index contributed by atoms with van der Waals surface area (Å²) in [5.41, 5.74) is 3.77. The Morgan fingerprint density at radius 2 is 1.43 bits per heavy atom.